The van der Waals surface area contributed by atoms with Gasteiger partial charge in [0, 0.05) is 27.6 Å². The Morgan fingerprint density at radius 1 is 1.07 bits per heavy atom. The number of anilines is 1. The molecule has 0 aliphatic carbocycles. The molecule has 3 rings (SSSR count). The third-order valence-corrected chi connectivity index (χ3v) is 7.97. The van der Waals surface area contributed by atoms with Gasteiger partial charge in [0.1, 0.15) is 6.04 Å². The van der Waals surface area contributed by atoms with Crippen LogP contribution in [0.1, 0.15) is 42.1 Å². The molecule has 0 aliphatic heterocycles. The molecule has 3 aromatic carbocycles. The van der Waals surface area contributed by atoms with E-state index >= 15 is 0 Å². The number of benzene rings is 3. The van der Waals surface area contributed by atoms with Crippen molar-refractivity contribution >= 4 is 63.3 Å². The lowest BCUT2D eigenvalue weighted by Crippen LogP contribution is -2.43. The quantitative estimate of drug-likeness (QED) is 0.103. The lowest BCUT2D eigenvalue weighted by Gasteiger charge is -2.28. The zero-order valence-electron chi connectivity index (χ0n) is 21.7. The van der Waals surface area contributed by atoms with Crippen molar-refractivity contribution in [1.82, 2.24) is 5.32 Å². The molecule has 0 saturated carbocycles. The third kappa shape index (κ3) is 8.56. The van der Waals surface area contributed by atoms with Gasteiger partial charge < -0.3 is 15.7 Å². The Labute approximate surface area is 245 Å². The van der Waals surface area contributed by atoms with Crippen LogP contribution in [0.3, 0.4) is 0 Å². The number of carboxylic acid groups (broad SMARTS) is 1. The highest BCUT2D eigenvalue weighted by atomic mass is 35.5. The number of hydrogen-bond donors (Lipinski definition) is 3. The molecule has 3 N–H and O–H groups in total. The molecule has 0 heterocycles. The first-order valence-corrected chi connectivity index (χ1v) is 14.1. The number of carbonyl (C=O) groups is 2. The number of carboxylic acids is 1. The lowest BCUT2D eigenvalue weighted by molar-refractivity contribution is -0.138. The van der Waals surface area contributed by atoms with Crippen molar-refractivity contribution in [3.8, 4) is 0 Å². The molecule has 0 radical (unpaired) electrons. The number of halogens is 5. The van der Waals surface area contributed by atoms with Gasteiger partial charge in [0.15, 0.2) is 0 Å². The van der Waals surface area contributed by atoms with Gasteiger partial charge in [0.05, 0.1) is 11.3 Å². The van der Waals surface area contributed by atoms with Gasteiger partial charge in [-0.05, 0) is 65.7 Å². The summed E-state index contributed by atoms with van der Waals surface area (Å²) in [7, 11) is 0. The number of hydrogen-bond acceptors (Lipinski definition) is 4. The largest absolute Gasteiger partial charge is 0.479 e. The molecule has 3 aromatic rings. The molecule has 0 aromatic heterocycles. The van der Waals surface area contributed by atoms with E-state index in [1.807, 2.05) is 31.2 Å². The Hall–Kier alpha value is -2.88. The molecule has 1 unspecified atom stereocenters. The maximum Gasteiger partial charge on any atom is 0.446 e. The van der Waals surface area contributed by atoms with Gasteiger partial charge in [-0.1, -0.05) is 56.0 Å². The Balaban J connectivity index is 1.86. The van der Waals surface area contributed by atoms with E-state index in [1.165, 1.54) is 12.1 Å². The highest BCUT2D eigenvalue weighted by molar-refractivity contribution is 8.00. The highest BCUT2D eigenvalue weighted by Crippen LogP contribution is 2.37. The Bertz CT molecular complexity index is 1370. The number of thioether (sulfide) groups is 1. The highest BCUT2D eigenvalue weighted by Gasteiger charge is 2.32. The second-order valence-corrected chi connectivity index (χ2v) is 11.6. The monoisotopic (exact) mass is 612 g/mol. The third-order valence-electron chi connectivity index (χ3n) is 6.45. The van der Waals surface area contributed by atoms with Crippen LogP contribution in [-0.2, 0) is 11.3 Å². The molecule has 0 spiro atoms. The molecule has 214 valence electrons. The van der Waals surface area contributed by atoms with Crippen LogP contribution in [0.2, 0.25) is 0 Å². The molecule has 5 nitrogen and oxygen atoms in total. The van der Waals surface area contributed by atoms with Gasteiger partial charge in [-0.2, -0.15) is 13.2 Å². The van der Waals surface area contributed by atoms with Crippen LogP contribution in [0.5, 0.6) is 0 Å². The number of rotatable bonds is 13. The molecule has 1 amide bonds. The van der Waals surface area contributed by atoms with E-state index in [0.717, 1.165) is 10.8 Å². The smallest absolute Gasteiger partial charge is 0.446 e. The fourth-order valence-corrected chi connectivity index (χ4v) is 5.53. The van der Waals surface area contributed by atoms with Crippen molar-refractivity contribution in [2.75, 3.05) is 11.2 Å². The number of fused-ring (bicyclic) bond motifs is 1. The molecule has 0 saturated heterocycles. The fraction of sp³-hybridized carbons (Fsp3) is 0.310. The topological polar surface area (TPSA) is 78.4 Å². The van der Waals surface area contributed by atoms with Crippen molar-refractivity contribution in [2.24, 2.45) is 0 Å². The second kappa shape index (κ2) is 13.7. The normalized spacial score (nSPS) is 13.8. The molecule has 2 atom stereocenters. The van der Waals surface area contributed by atoms with E-state index in [9.17, 15) is 27.9 Å². The van der Waals surface area contributed by atoms with Crippen molar-refractivity contribution in [3.05, 3.63) is 83.9 Å². The average Bonchev–Trinajstić information content (AvgIpc) is 2.89. The van der Waals surface area contributed by atoms with E-state index in [2.05, 4.69) is 17.2 Å². The standard InChI is InChI=1S/C29H29Cl2F3N2O3S/c1-3-28(31,14-15-30)16-18(2)24(27(38)39)36-26(37)23-13-10-20-6-4-5-7-22(20)25(23)35-17-19-8-11-21(12-9-19)40-29(32,33)34/h4-13,24,35H,2-3,14-17H2,1H3,(H,36,37)(H,38,39)/t24-,28?/m0/s1. The predicted octanol–water partition coefficient (Wildman–Crippen LogP) is 8.21. The maximum atomic E-state index is 13.5. The minimum Gasteiger partial charge on any atom is -0.479 e. The van der Waals surface area contributed by atoms with Gasteiger partial charge in [-0.3, -0.25) is 4.79 Å². The van der Waals surface area contributed by atoms with E-state index in [4.69, 9.17) is 23.2 Å². The molecule has 0 aliphatic rings. The number of alkyl halides is 5. The van der Waals surface area contributed by atoms with Gasteiger partial charge in [-0.25, -0.2) is 4.79 Å². The van der Waals surface area contributed by atoms with Gasteiger partial charge in [-0.15, -0.1) is 23.2 Å². The van der Waals surface area contributed by atoms with Crippen molar-refractivity contribution in [3.63, 3.8) is 0 Å². The van der Waals surface area contributed by atoms with E-state index in [0.29, 0.717) is 30.0 Å². The molecular weight excluding hydrogens is 584 g/mol. The summed E-state index contributed by atoms with van der Waals surface area (Å²) in [6.45, 7) is 5.99. The summed E-state index contributed by atoms with van der Waals surface area (Å²) in [5, 5.41) is 17.3. The molecule has 40 heavy (non-hydrogen) atoms. The van der Waals surface area contributed by atoms with Crippen molar-refractivity contribution < 1.29 is 27.9 Å². The summed E-state index contributed by atoms with van der Waals surface area (Å²) in [6, 6.07) is 15.2. The minimum absolute atomic E-state index is 0.0662. The van der Waals surface area contributed by atoms with Gasteiger partial charge in [0.25, 0.3) is 5.91 Å². The van der Waals surface area contributed by atoms with E-state index in [-0.39, 0.29) is 40.8 Å². The molecule has 0 bridgehead atoms. The Morgan fingerprint density at radius 2 is 1.75 bits per heavy atom. The fourth-order valence-electron chi connectivity index (χ4n) is 4.27. The summed E-state index contributed by atoms with van der Waals surface area (Å²) in [4.78, 5) is 24.9. The van der Waals surface area contributed by atoms with E-state index in [1.54, 1.807) is 24.3 Å². The number of carbonyl (C=O) groups excluding carboxylic acids is 1. The summed E-state index contributed by atoms with van der Waals surface area (Å²) >= 11 is 12.3. The number of amides is 1. The summed E-state index contributed by atoms with van der Waals surface area (Å²) in [5.74, 6) is -1.61. The van der Waals surface area contributed by atoms with Crippen LogP contribution in [0.4, 0.5) is 18.9 Å². The predicted molar refractivity (Wildman–Crippen MR) is 156 cm³/mol. The first kappa shape index (κ1) is 31.6. The van der Waals surface area contributed by atoms with Crippen LogP contribution in [0.15, 0.2) is 77.7 Å². The van der Waals surface area contributed by atoms with Crippen LogP contribution < -0.4 is 10.6 Å². The van der Waals surface area contributed by atoms with Gasteiger partial charge >= 0.3 is 11.5 Å². The summed E-state index contributed by atoms with van der Waals surface area (Å²) in [5.41, 5.74) is -2.78. The van der Waals surface area contributed by atoms with Crippen LogP contribution >= 0.6 is 35.0 Å². The zero-order valence-corrected chi connectivity index (χ0v) is 24.0. The summed E-state index contributed by atoms with van der Waals surface area (Å²) < 4.78 is 38.0. The second-order valence-electron chi connectivity index (χ2n) is 9.28. The van der Waals surface area contributed by atoms with Crippen LogP contribution in [0, 0.1) is 0 Å². The van der Waals surface area contributed by atoms with E-state index < -0.39 is 28.3 Å². The van der Waals surface area contributed by atoms with Crippen LogP contribution in [-0.4, -0.2) is 39.3 Å². The first-order chi connectivity index (χ1) is 18.9. The Morgan fingerprint density at radius 3 is 2.35 bits per heavy atom. The average molecular weight is 614 g/mol. The lowest BCUT2D eigenvalue weighted by atomic mass is 9.90. The SMILES string of the molecule is C=C(CC(Cl)(CC)CCCl)[C@H](NC(=O)c1ccc2ccccc2c1NCc1ccc(SC(F)(F)F)cc1)C(=O)O. The maximum absolute atomic E-state index is 13.5. The Kier molecular flexibility index (Phi) is 10.8. The number of aliphatic carboxylic acids is 1. The zero-order chi connectivity index (χ0) is 29.5. The molecular formula is C29H29Cl2F3N2O3S. The first-order valence-electron chi connectivity index (χ1n) is 12.4. The van der Waals surface area contributed by atoms with Crippen molar-refractivity contribution in [2.45, 2.75) is 54.1 Å². The molecule has 11 heteroatoms. The van der Waals surface area contributed by atoms with Gasteiger partial charge in [0.2, 0.25) is 0 Å². The minimum atomic E-state index is -4.38. The van der Waals surface area contributed by atoms with Crippen LogP contribution in [0.25, 0.3) is 10.8 Å². The van der Waals surface area contributed by atoms with Crippen molar-refractivity contribution in [1.29, 1.82) is 0 Å². The summed E-state index contributed by atoms with van der Waals surface area (Å²) in [6.07, 6.45) is 1.14. The molecule has 0 fully saturated rings. The number of nitrogens with one attached hydrogen (secondary N) is 2.